The first-order valence-electron chi connectivity index (χ1n) is 7.09. The molecule has 0 heterocycles. The molecule has 0 aliphatic heterocycles. The summed E-state index contributed by atoms with van der Waals surface area (Å²) >= 11 is 0. The maximum absolute atomic E-state index is 8.94. The third-order valence-electron chi connectivity index (χ3n) is 2.67. The Morgan fingerprint density at radius 1 is 0.950 bits per heavy atom. The van der Waals surface area contributed by atoms with E-state index < -0.39 is 7.32 Å². The van der Waals surface area contributed by atoms with Gasteiger partial charge in [0.1, 0.15) is 11.5 Å². The molecule has 0 unspecified atom stereocenters. The van der Waals surface area contributed by atoms with E-state index in [9.17, 15) is 0 Å². The minimum atomic E-state index is -1.88. The second-order valence-corrected chi connectivity index (χ2v) is 4.46. The highest BCUT2D eigenvalue weighted by Gasteiger charge is 2.16. The summed E-state index contributed by atoms with van der Waals surface area (Å²) in [5, 5.41) is 17.9. The van der Waals surface area contributed by atoms with E-state index in [2.05, 4.69) is 13.8 Å². The number of hydrogen-bond acceptors (Lipinski definition) is 5. The predicted molar refractivity (Wildman–Crippen MR) is 78.1 cm³/mol. The van der Waals surface area contributed by atoms with Gasteiger partial charge in [-0.3, -0.25) is 0 Å². The summed E-state index contributed by atoms with van der Waals surface area (Å²) in [6, 6.07) is 5.11. The first kappa shape index (κ1) is 16.7. The lowest BCUT2D eigenvalue weighted by Gasteiger charge is -2.14. The Morgan fingerprint density at radius 2 is 1.60 bits per heavy atom. The van der Waals surface area contributed by atoms with Crippen molar-refractivity contribution in [3.05, 3.63) is 18.2 Å². The Morgan fingerprint density at radius 3 is 2.20 bits per heavy atom. The number of unbranched alkanes of at least 4 members (excludes halogenated alkanes) is 2. The SMILES string of the molecule is CCCCOc1ccc(OCCCC)c(OB(O)O)c1. The average Bonchev–Trinajstić information content (AvgIpc) is 2.41. The van der Waals surface area contributed by atoms with Gasteiger partial charge in [0.05, 0.1) is 13.2 Å². The first-order valence-corrected chi connectivity index (χ1v) is 7.09. The lowest BCUT2D eigenvalue weighted by Crippen LogP contribution is -2.21. The van der Waals surface area contributed by atoms with Crippen LogP contribution >= 0.6 is 0 Å². The molecule has 0 spiro atoms. The van der Waals surface area contributed by atoms with Crippen molar-refractivity contribution in [1.82, 2.24) is 0 Å². The molecule has 0 aliphatic rings. The molecule has 0 aromatic heterocycles. The molecule has 5 nitrogen and oxygen atoms in total. The minimum absolute atomic E-state index is 0.269. The molecular weight excluding hydrogens is 259 g/mol. The molecule has 1 aromatic carbocycles. The summed E-state index contributed by atoms with van der Waals surface area (Å²) < 4.78 is 16.0. The summed E-state index contributed by atoms with van der Waals surface area (Å²) in [5.74, 6) is 1.37. The standard InChI is InChI=1S/C14H23BO5/c1-3-5-9-18-12-7-8-13(19-10-6-4-2)14(11-12)20-15(16)17/h7-8,11,16-17H,3-6,9-10H2,1-2H3. The van der Waals surface area contributed by atoms with E-state index in [1.54, 1.807) is 18.2 Å². The summed E-state index contributed by atoms with van der Waals surface area (Å²) in [6.07, 6.45) is 3.97. The Hall–Kier alpha value is -1.40. The van der Waals surface area contributed by atoms with E-state index in [0.717, 1.165) is 25.7 Å². The zero-order chi connectivity index (χ0) is 14.8. The second kappa shape index (κ2) is 9.50. The van der Waals surface area contributed by atoms with E-state index >= 15 is 0 Å². The molecule has 0 saturated carbocycles. The minimum Gasteiger partial charge on any atom is -0.509 e. The average molecular weight is 282 g/mol. The third-order valence-corrected chi connectivity index (χ3v) is 2.67. The molecule has 0 radical (unpaired) electrons. The molecule has 112 valence electrons. The van der Waals surface area contributed by atoms with Gasteiger partial charge in [-0.15, -0.1) is 0 Å². The molecular formula is C14H23BO5. The van der Waals surface area contributed by atoms with Gasteiger partial charge in [0.15, 0.2) is 5.75 Å². The molecule has 0 bridgehead atoms. The molecule has 0 atom stereocenters. The van der Waals surface area contributed by atoms with Crippen LogP contribution in [0.1, 0.15) is 39.5 Å². The van der Waals surface area contributed by atoms with Gasteiger partial charge in [0.25, 0.3) is 0 Å². The van der Waals surface area contributed by atoms with E-state index in [0.29, 0.717) is 24.7 Å². The van der Waals surface area contributed by atoms with Crippen LogP contribution in [0.4, 0.5) is 0 Å². The van der Waals surface area contributed by atoms with Crippen molar-refractivity contribution in [3.8, 4) is 17.2 Å². The molecule has 2 N–H and O–H groups in total. The van der Waals surface area contributed by atoms with Crippen molar-refractivity contribution in [2.45, 2.75) is 39.5 Å². The maximum atomic E-state index is 8.94. The van der Waals surface area contributed by atoms with Gasteiger partial charge < -0.3 is 24.2 Å². The molecule has 1 aromatic rings. The predicted octanol–water partition coefficient (Wildman–Crippen LogP) is 2.39. The molecule has 0 aliphatic carbocycles. The van der Waals surface area contributed by atoms with Crippen molar-refractivity contribution in [2.75, 3.05) is 13.2 Å². The third kappa shape index (κ3) is 6.17. The fraction of sp³-hybridized carbons (Fsp3) is 0.571. The number of rotatable bonds is 10. The summed E-state index contributed by atoms with van der Waals surface area (Å²) in [4.78, 5) is 0. The van der Waals surface area contributed by atoms with Crippen molar-refractivity contribution in [2.24, 2.45) is 0 Å². The zero-order valence-corrected chi connectivity index (χ0v) is 12.2. The Balaban J connectivity index is 2.71. The zero-order valence-electron chi connectivity index (χ0n) is 12.2. The lowest BCUT2D eigenvalue weighted by molar-refractivity contribution is 0.261. The van der Waals surface area contributed by atoms with E-state index in [-0.39, 0.29) is 5.75 Å². The highest BCUT2D eigenvalue weighted by Crippen LogP contribution is 2.32. The topological polar surface area (TPSA) is 68.2 Å². The van der Waals surface area contributed by atoms with Crippen LogP contribution in [0.2, 0.25) is 0 Å². The molecule has 0 amide bonds. The van der Waals surface area contributed by atoms with Crippen molar-refractivity contribution in [3.63, 3.8) is 0 Å². The number of ether oxygens (including phenoxy) is 2. The van der Waals surface area contributed by atoms with E-state index in [1.807, 2.05) is 0 Å². The Bertz CT molecular complexity index is 384. The Labute approximate surface area is 120 Å². The van der Waals surface area contributed by atoms with Crippen LogP contribution in [0, 0.1) is 0 Å². The monoisotopic (exact) mass is 282 g/mol. The lowest BCUT2D eigenvalue weighted by atomic mass is 10.2. The normalized spacial score (nSPS) is 10.2. The number of benzene rings is 1. The van der Waals surface area contributed by atoms with Crippen LogP contribution in [0.25, 0.3) is 0 Å². The van der Waals surface area contributed by atoms with Crippen molar-refractivity contribution < 1.29 is 24.2 Å². The number of hydrogen-bond donors (Lipinski definition) is 2. The van der Waals surface area contributed by atoms with Crippen LogP contribution < -0.4 is 14.1 Å². The highest BCUT2D eigenvalue weighted by molar-refractivity contribution is 6.33. The van der Waals surface area contributed by atoms with Crippen LogP contribution in [-0.4, -0.2) is 30.6 Å². The second-order valence-electron chi connectivity index (χ2n) is 4.46. The van der Waals surface area contributed by atoms with Gasteiger partial charge in [-0.1, -0.05) is 26.7 Å². The van der Waals surface area contributed by atoms with Gasteiger partial charge in [0, 0.05) is 6.07 Å². The van der Waals surface area contributed by atoms with Crippen molar-refractivity contribution in [1.29, 1.82) is 0 Å². The summed E-state index contributed by atoms with van der Waals surface area (Å²) in [7, 11) is -1.88. The summed E-state index contributed by atoms with van der Waals surface area (Å²) in [5.41, 5.74) is 0. The van der Waals surface area contributed by atoms with Crippen LogP contribution in [-0.2, 0) is 0 Å². The largest absolute Gasteiger partial charge is 0.707 e. The van der Waals surface area contributed by atoms with Crippen molar-refractivity contribution >= 4 is 7.32 Å². The van der Waals surface area contributed by atoms with Gasteiger partial charge in [0.2, 0.25) is 0 Å². The highest BCUT2D eigenvalue weighted by atomic mass is 16.6. The maximum Gasteiger partial charge on any atom is 0.707 e. The first-order chi connectivity index (χ1) is 9.67. The molecule has 20 heavy (non-hydrogen) atoms. The quantitative estimate of drug-likeness (QED) is 0.509. The Kier molecular flexibility index (Phi) is 7.91. The van der Waals surface area contributed by atoms with E-state index in [1.165, 1.54) is 0 Å². The smallest absolute Gasteiger partial charge is 0.509 e. The fourth-order valence-corrected chi connectivity index (χ4v) is 1.56. The van der Waals surface area contributed by atoms with E-state index in [4.69, 9.17) is 24.2 Å². The van der Waals surface area contributed by atoms with Crippen LogP contribution in [0.3, 0.4) is 0 Å². The molecule has 6 heteroatoms. The molecule has 0 fully saturated rings. The summed E-state index contributed by atoms with van der Waals surface area (Å²) in [6.45, 7) is 5.34. The molecule has 1 rings (SSSR count). The van der Waals surface area contributed by atoms with Crippen LogP contribution in [0.5, 0.6) is 17.2 Å². The van der Waals surface area contributed by atoms with Gasteiger partial charge >= 0.3 is 7.32 Å². The van der Waals surface area contributed by atoms with Crippen LogP contribution in [0.15, 0.2) is 18.2 Å². The van der Waals surface area contributed by atoms with Gasteiger partial charge in [-0.2, -0.15) is 0 Å². The van der Waals surface area contributed by atoms with Gasteiger partial charge in [-0.25, -0.2) is 0 Å². The van der Waals surface area contributed by atoms with Gasteiger partial charge in [-0.05, 0) is 25.0 Å². The molecule has 0 saturated heterocycles. The fourth-order valence-electron chi connectivity index (χ4n) is 1.56.